The molecule has 2 aliphatic rings. The van der Waals surface area contributed by atoms with E-state index in [9.17, 15) is 18.0 Å². The van der Waals surface area contributed by atoms with Crippen molar-refractivity contribution in [3.05, 3.63) is 53.3 Å². The monoisotopic (exact) mass is 501 g/mol. The van der Waals surface area contributed by atoms with Gasteiger partial charge in [-0.05, 0) is 49.9 Å². The molecule has 5 rings (SSSR count). The number of ether oxygens (including phenoxy) is 2. The Morgan fingerprint density at radius 2 is 1.91 bits per heavy atom. The molecule has 0 radical (unpaired) electrons. The Balaban J connectivity index is 0.00000259. The van der Waals surface area contributed by atoms with Gasteiger partial charge in [-0.3, -0.25) is 4.90 Å². The number of para-hydroxylation sites is 1. The minimum atomic E-state index is -4.75. The van der Waals surface area contributed by atoms with Crippen LogP contribution >= 0.6 is 24.0 Å². The number of imidazole rings is 1. The van der Waals surface area contributed by atoms with Gasteiger partial charge in [-0.25, -0.2) is 9.78 Å². The average Bonchev–Trinajstić information content (AvgIpc) is 3.28. The van der Waals surface area contributed by atoms with Gasteiger partial charge in [0.15, 0.2) is 0 Å². The average molecular weight is 502 g/mol. The fourth-order valence-corrected chi connectivity index (χ4v) is 4.79. The van der Waals surface area contributed by atoms with E-state index in [1.807, 2.05) is 6.07 Å². The van der Waals surface area contributed by atoms with Gasteiger partial charge >= 0.3 is 12.5 Å². The molecule has 11 heteroatoms. The zero-order valence-corrected chi connectivity index (χ0v) is 18.8. The number of carbonyl (C=O) groups is 1. The van der Waals surface area contributed by atoms with Crippen LogP contribution in [0.4, 0.5) is 23.7 Å². The number of hydrogen-bond donors (Lipinski definition) is 1. The van der Waals surface area contributed by atoms with E-state index in [0.29, 0.717) is 47.0 Å². The van der Waals surface area contributed by atoms with Gasteiger partial charge in [-0.2, -0.15) is 0 Å². The number of aromatic amines is 1. The van der Waals surface area contributed by atoms with Crippen molar-refractivity contribution >= 4 is 46.8 Å². The Labute approximate surface area is 198 Å². The molecular weight excluding hydrogens is 482 g/mol. The molecule has 0 bridgehead atoms. The van der Waals surface area contributed by atoms with Crippen molar-refractivity contribution in [3.8, 4) is 5.75 Å². The number of carbonyl (C=O) groups excluding carboxylic acids is 1. The Bertz CT molecular complexity index is 1180. The Kier molecular flexibility index (Phi) is 6.13. The number of alkyl halides is 3. The van der Waals surface area contributed by atoms with Crippen molar-refractivity contribution in [2.24, 2.45) is 0 Å². The first-order valence-electron chi connectivity index (χ1n) is 10.2. The molecule has 0 atom stereocenters. The van der Waals surface area contributed by atoms with Crippen LogP contribution in [0.3, 0.4) is 0 Å². The van der Waals surface area contributed by atoms with E-state index in [4.69, 9.17) is 16.3 Å². The van der Waals surface area contributed by atoms with E-state index in [2.05, 4.69) is 14.7 Å². The molecule has 33 heavy (non-hydrogen) atoms. The van der Waals surface area contributed by atoms with Crippen molar-refractivity contribution in [2.75, 3.05) is 11.4 Å². The van der Waals surface area contributed by atoms with Crippen LogP contribution < -0.4 is 9.64 Å². The third-order valence-electron chi connectivity index (χ3n) is 6.10. The van der Waals surface area contributed by atoms with Crippen LogP contribution in [0.25, 0.3) is 11.0 Å². The summed E-state index contributed by atoms with van der Waals surface area (Å²) in [6.45, 7) is 0.431. The van der Waals surface area contributed by atoms with Gasteiger partial charge in [0.1, 0.15) is 17.2 Å². The fraction of sp³-hybridized carbons (Fsp3) is 0.364. The maximum absolute atomic E-state index is 12.5. The molecule has 3 aromatic rings. The largest absolute Gasteiger partial charge is 0.573 e. The van der Waals surface area contributed by atoms with Crippen LogP contribution in [0.2, 0.25) is 5.02 Å². The molecule has 1 saturated carbocycles. The summed E-state index contributed by atoms with van der Waals surface area (Å²) in [4.78, 5) is 21.8. The van der Waals surface area contributed by atoms with Gasteiger partial charge in [0.2, 0.25) is 0 Å². The highest BCUT2D eigenvalue weighted by Crippen LogP contribution is 2.44. The zero-order valence-electron chi connectivity index (χ0n) is 17.2. The molecule has 1 aliphatic heterocycles. The number of nitrogens with zero attached hydrogens (tertiary/aromatic N) is 2. The second-order valence-corrected chi connectivity index (χ2v) is 8.62. The predicted octanol–water partition coefficient (Wildman–Crippen LogP) is 6.59. The lowest BCUT2D eigenvalue weighted by Gasteiger charge is -2.34. The maximum atomic E-state index is 12.5. The molecule has 1 amide bonds. The fourth-order valence-electron chi connectivity index (χ4n) is 4.55. The van der Waals surface area contributed by atoms with Gasteiger partial charge in [0, 0.05) is 12.0 Å². The number of halogens is 5. The number of amides is 1. The molecule has 1 spiro atoms. The summed E-state index contributed by atoms with van der Waals surface area (Å²) >= 11 is 6.25. The number of hydrogen-bond acceptors (Lipinski definition) is 4. The molecule has 1 N–H and O–H groups in total. The number of aromatic nitrogens is 2. The lowest BCUT2D eigenvalue weighted by atomic mass is 9.78. The molecule has 2 fully saturated rings. The van der Waals surface area contributed by atoms with Crippen molar-refractivity contribution < 1.29 is 27.4 Å². The lowest BCUT2D eigenvalue weighted by Crippen LogP contribution is -2.38. The number of H-pyrrole nitrogens is 1. The third kappa shape index (κ3) is 4.70. The number of benzene rings is 2. The second kappa shape index (κ2) is 8.61. The predicted molar refractivity (Wildman–Crippen MR) is 119 cm³/mol. The summed E-state index contributed by atoms with van der Waals surface area (Å²) in [5, 5.41) is 0.492. The molecule has 6 nitrogen and oxygen atoms in total. The van der Waals surface area contributed by atoms with E-state index in [0.717, 1.165) is 12.8 Å². The van der Waals surface area contributed by atoms with E-state index < -0.39 is 18.1 Å². The van der Waals surface area contributed by atoms with Crippen molar-refractivity contribution in [2.45, 2.75) is 43.6 Å². The normalized spacial score (nSPS) is 23.0. The molecule has 0 unspecified atom stereocenters. The SMILES string of the molecule is Cl.O=C1OC2(CCC(c3nc4cc(OC(F)(F)F)ccc4[nH]3)CC2)CN1c1ccccc1Cl. The van der Waals surface area contributed by atoms with E-state index in [1.165, 1.54) is 18.2 Å². The standard InChI is InChI=1S/C22H19ClF3N3O3.ClH/c23-15-3-1-2-4-18(15)29-12-21(32-20(29)30)9-7-13(8-10-21)19-27-16-6-5-14(11-17(16)28-19)31-22(24,25)26;/h1-6,11,13H,7-10,12H2,(H,27,28);1H. The maximum Gasteiger partial charge on any atom is 0.573 e. The van der Waals surface area contributed by atoms with Gasteiger partial charge in [-0.1, -0.05) is 23.7 Å². The second-order valence-electron chi connectivity index (χ2n) is 8.21. The number of nitrogens with one attached hydrogen (secondary N) is 1. The van der Waals surface area contributed by atoms with Crippen molar-refractivity contribution in [1.29, 1.82) is 0 Å². The molecule has 2 heterocycles. The summed E-state index contributed by atoms with van der Waals surface area (Å²) in [5.41, 5.74) is 1.12. The quantitative estimate of drug-likeness (QED) is 0.439. The van der Waals surface area contributed by atoms with Crippen LogP contribution in [0.5, 0.6) is 5.75 Å². The van der Waals surface area contributed by atoms with Gasteiger partial charge in [0.05, 0.1) is 28.3 Å². The molecule has 1 saturated heterocycles. The molecule has 176 valence electrons. The number of fused-ring (bicyclic) bond motifs is 1. The summed E-state index contributed by atoms with van der Waals surface area (Å²) in [7, 11) is 0. The van der Waals surface area contributed by atoms with Crippen LogP contribution in [0.1, 0.15) is 37.4 Å². The molecule has 1 aromatic heterocycles. The Hall–Kier alpha value is -2.65. The van der Waals surface area contributed by atoms with Crippen LogP contribution in [-0.2, 0) is 4.74 Å². The van der Waals surface area contributed by atoms with Gasteiger partial charge < -0.3 is 14.5 Å². The van der Waals surface area contributed by atoms with Crippen LogP contribution in [0, 0.1) is 0 Å². The highest BCUT2D eigenvalue weighted by molar-refractivity contribution is 6.33. The van der Waals surface area contributed by atoms with E-state index in [1.54, 1.807) is 23.1 Å². The third-order valence-corrected chi connectivity index (χ3v) is 6.42. The van der Waals surface area contributed by atoms with E-state index >= 15 is 0 Å². The number of anilines is 1. The minimum Gasteiger partial charge on any atom is -0.441 e. The first-order chi connectivity index (χ1) is 15.2. The zero-order chi connectivity index (χ0) is 22.5. The topological polar surface area (TPSA) is 67.5 Å². The van der Waals surface area contributed by atoms with Gasteiger partial charge in [-0.15, -0.1) is 25.6 Å². The Morgan fingerprint density at radius 1 is 1.18 bits per heavy atom. The smallest absolute Gasteiger partial charge is 0.441 e. The van der Waals surface area contributed by atoms with Crippen LogP contribution in [0.15, 0.2) is 42.5 Å². The Morgan fingerprint density at radius 3 is 2.61 bits per heavy atom. The first kappa shape index (κ1) is 23.5. The summed E-state index contributed by atoms with van der Waals surface area (Å²) in [6.07, 6.45) is -2.38. The summed E-state index contributed by atoms with van der Waals surface area (Å²) in [5.74, 6) is 0.502. The van der Waals surface area contributed by atoms with Gasteiger partial charge in [0.25, 0.3) is 0 Å². The highest BCUT2D eigenvalue weighted by atomic mass is 35.5. The molecule has 1 aliphatic carbocycles. The molecule has 2 aromatic carbocycles. The molecular formula is C22H20Cl2F3N3O3. The van der Waals surface area contributed by atoms with Crippen molar-refractivity contribution in [1.82, 2.24) is 9.97 Å². The van der Waals surface area contributed by atoms with Crippen LogP contribution in [-0.4, -0.2) is 34.6 Å². The summed E-state index contributed by atoms with van der Waals surface area (Å²) in [6, 6.07) is 11.2. The minimum absolute atomic E-state index is 0. The lowest BCUT2D eigenvalue weighted by molar-refractivity contribution is -0.274. The highest BCUT2D eigenvalue weighted by Gasteiger charge is 2.48. The van der Waals surface area contributed by atoms with Crippen molar-refractivity contribution in [3.63, 3.8) is 0 Å². The number of rotatable bonds is 3. The first-order valence-corrected chi connectivity index (χ1v) is 10.6. The van der Waals surface area contributed by atoms with E-state index in [-0.39, 0.29) is 24.1 Å². The summed E-state index contributed by atoms with van der Waals surface area (Å²) < 4.78 is 47.2.